The minimum Gasteiger partial charge on any atom is -0.394 e. The average molecular weight is 201 g/mol. The Kier molecular flexibility index (Phi) is 4.35. The number of hydrogen-bond donors (Lipinski definition) is 3. The third-order valence-corrected chi connectivity index (χ3v) is 3.38. The average Bonchev–Trinajstić information content (AvgIpc) is 2.70. The van der Waals surface area contributed by atoms with Crippen LogP contribution in [-0.4, -0.2) is 35.0 Å². The minimum atomic E-state index is -0.526. The molecule has 1 unspecified atom stereocenters. The van der Waals surface area contributed by atoms with Crippen LogP contribution in [0.3, 0.4) is 0 Å². The van der Waals surface area contributed by atoms with Gasteiger partial charge in [0.25, 0.3) is 0 Å². The van der Waals surface area contributed by atoms with Gasteiger partial charge in [-0.15, -0.1) is 0 Å². The normalized spacial score (nSPS) is 21.4. The summed E-state index contributed by atoms with van der Waals surface area (Å²) < 4.78 is 0. The van der Waals surface area contributed by atoms with Gasteiger partial charge >= 0.3 is 0 Å². The lowest BCUT2D eigenvalue weighted by Gasteiger charge is -2.33. The van der Waals surface area contributed by atoms with E-state index in [4.69, 9.17) is 10.2 Å². The molecule has 1 saturated carbocycles. The fourth-order valence-corrected chi connectivity index (χ4v) is 2.27. The first-order valence-electron chi connectivity index (χ1n) is 5.61. The van der Waals surface area contributed by atoms with Gasteiger partial charge in [0.15, 0.2) is 0 Å². The molecule has 1 aliphatic carbocycles. The van der Waals surface area contributed by atoms with Crippen molar-refractivity contribution in [3.8, 4) is 0 Å². The van der Waals surface area contributed by atoms with E-state index < -0.39 is 5.54 Å². The van der Waals surface area contributed by atoms with Crippen LogP contribution >= 0.6 is 0 Å². The van der Waals surface area contributed by atoms with Crippen molar-refractivity contribution in [3.05, 3.63) is 0 Å². The molecule has 3 nitrogen and oxygen atoms in total. The molecule has 3 heteroatoms. The van der Waals surface area contributed by atoms with Crippen molar-refractivity contribution < 1.29 is 10.2 Å². The number of rotatable bonds is 5. The summed E-state index contributed by atoms with van der Waals surface area (Å²) in [6.45, 7) is 3.99. The van der Waals surface area contributed by atoms with Crippen molar-refractivity contribution in [1.82, 2.24) is 5.32 Å². The summed E-state index contributed by atoms with van der Waals surface area (Å²) in [5.41, 5.74) is -0.526. The number of hydrogen-bond acceptors (Lipinski definition) is 3. The monoisotopic (exact) mass is 201 g/mol. The van der Waals surface area contributed by atoms with Crippen LogP contribution in [0.1, 0.15) is 39.5 Å². The predicted octanol–water partition coefficient (Wildman–Crippen LogP) is 0.898. The lowest BCUT2D eigenvalue weighted by Crippen LogP contribution is -2.54. The first kappa shape index (κ1) is 12.0. The van der Waals surface area contributed by atoms with E-state index in [9.17, 15) is 0 Å². The van der Waals surface area contributed by atoms with Gasteiger partial charge < -0.3 is 15.5 Å². The molecule has 1 atom stereocenters. The molecule has 0 aromatic rings. The molecule has 0 aromatic carbocycles. The second kappa shape index (κ2) is 5.10. The standard InChI is InChI=1S/C11H23NO2/c1-9(10-5-3-4-6-10)12-11(2,7-13)8-14/h9-10,12-14H,3-8H2,1-2H3. The highest BCUT2D eigenvalue weighted by Gasteiger charge is 2.29. The number of nitrogens with one attached hydrogen (secondary N) is 1. The first-order chi connectivity index (χ1) is 6.61. The van der Waals surface area contributed by atoms with Crippen LogP contribution in [-0.2, 0) is 0 Å². The van der Waals surface area contributed by atoms with Crippen LogP contribution in [0.5, 0.6) is 0 Å². The molecule has 0 aliphatic heterocycles. The van der Waals surface area contributed by atoms with Crippen LogP contribution in [0, 0.1) is 5.92 Å². The Morgan fingerprint density at radius 2 is 1.79 bits per heavy atom. The van der Waals surface area contributed by atoms with Crippen molar-refractivity contribution in [3.63, 3.8) is 0 Å². The lowest BCUT2D eigenvalue weighted by molar-refractivity contribution is 0.0881. The molecule has 84 valence electrons. The van der Waals surface area contributed by atoms with Crippen molar-refractivity contribution in [2.45, 2.75) is 51.1 Å². The van der Waals surface area contributed by atoms with Crippen LogP contribution in [0.4, 0.5) is 0 Å². The first-order valence-corrected chi connectivity index (χ1v) is 5.61. The summed E-state index contributed by atoms with van der Waals surface area (Å²) >= 11 is 0. The Morgan fingerprint density at radius 3 is 2.21 bits per heavy atom. The Morgan fingerprint density at radius 1 is 1.29 bits per heavy atom. The Hall–Kier alpha value is -0.120. The van der Waals surface area contributed by atoms with Crippen molar-refractivity contribution in [2.24, 2.45) is 5.92 Å². The van der Waals surface area contributed by atoms with Crippen LogP contribution in [0.25, 0.3) is 0 Å². The molecular formula is C11H23NO2. The fraction of sp³-hybridized carbons (Fsp3) is 1.00. The molecule has 0 heterocycles. The highest BCUT2D eigenvalue weighted by molar-refractivity contribution is 4.87. The van der Waals surface area contributed by atoms with E-state index in [0.717, 1.165) is 0 Å². The van der Waals surface area contributed by atoms with Gasteiger partial charge in [0.05, 0.1) is 18.8 Å². The SMILES string of the molecule is CC(NC(C)(CO)CO)C1CCCC1. The van der Waals surface area contributed by atoms with E-state index in [1.54, 1.807) is 0 Å². The largest absolute Gasteiger partial charge is 0.394 e. The fourth-order valence-electron chi connectivity index (χ4n) is 2.27. The van der Waals surface area contributed by atoms with E-state index in [1.807, 2.05) is 6.92 Å². The third kappa shape index (κ3) is 2.94. The summed E-state index contributed by atoms with van der Waals surface area (Å²) in [5, 5.41) is 21.6. The van der Waals surface area contributed by atoms with Crippen LogP contribution < -0.4 is 5.32 Å². The Bertz CT molecular complexity index is 163. The van der Waals surface area contributed by atoms with Crippen LogP contribution in [0.2, 0.25) is 0 Å². The van der Waals surface area contributed by atoms with Gasteiger partial charge in [0.2, 0.25) is 0 Å². The highest BCUT2D eigenvalue weighted by Crippen LogP contribution is 2.28. The van der Waals surface area contributed by atoms with Gasteiger partial charge in [-0.2, -0.15) is 0 Å². The third-order valence-electron chi connectivity index (χ3n) is 3.38. The van der Waals surface area contributed by atoms with E-state index >= 15 is 0 Å². The van der Waals surface area contributed by atoms with E-state index in [2.05, 4.69) is 12.2 Å². The molecule has 0 bridgehead atoms. The van der Waals surface area contributed by atoms with Crippen molar-refractivity contribution in [2.75, 3.05) is 13.2 Å². The summed E-state index contributed by atoms with van der Waals surface area (Å²) in [5.74, 6) is 0.715. The molecule has 1 fully saturated rings. The Labute approximate surface area is 86.5 Å². The maximum absolute atomic E-state index is 9.15. The summed E-state index contributed by atoms with van der Waals surface area (Å²) in [4.78, 5) is 0. The van der Waals surface area contributed by atoms with Gasteiger partial charge in [-0.3, -0.25) is 0 Å². The second-order valence-electron chi connectivity index (χ2n) is 4.85. The molecule has 0 spiro atoms. The van der Waals surface area contributed by atoms with Gasteiger partial charge in [-0.05, 0) is 32.6 Å². The zero-order valence-electron chi connectivity index (χ0n) is 9.29. The summed E-state index contributed by atoms with van der Waals surface area (Å²) in [7, 11) is 0. The predicted molar refractivity (Wildman–Crippen MR) is 57.1 cm³/mol. The smallest absolute Gasteiger partial charge is 0.0633 e. The zero-order valence-corrected chi connectivity index (χ0v) is 9.29. The van der Waals surface area contributed by atoms with Gasteiger partial charge in [-0.1, -0.05) is 12.8 Å². The van der Waals surface area contributed by atoms with E-state index in [-0.39, 0.29) is 13.2 Å². The molecular weight excluding hydrogens is 178 g/mol. The molecule has 0 amide bonds. The van der Waals surface area contributed by atoms with Gasteiger partial charge in [-0.25, -0.2) is 0 Å². The quantitative estimate of drug-likeness (QED) is 0.619. The molecule has 3 N–H and O–H groups in total. The molecule has 0 saturated heterocycles. The lowest BCUT2D eigenvalue weighted by atomic mass is 9.95. The molecule has 14 heavy (non-hydrogen) atoms. The number of aliphatic hydroxyl groups is 2. The van der Waals surface area contributed by atoms with Gasteiger partial charge in [0, 0.05) is 6.04 Å². The van der Waals surface area contributed by atoms with Gasteiger partial charge in [0.1, 0.15) is 0 Å². The van der Waals surface area contributed by atoms with E-state index in [0.29, 0.717) is 12.0 Å². The van der Waals surface area contributed by atoms with Crippen molar-refractivity contribution in [1.29, 1.82) is 0 Å². The van der Waals surface area contributed by atoms with Crippen molar-refractivity contribution >= 4 is 0 Å². The minimum absolute atomic E-state index is 0.0133. The maximum atomic E-state index is 9.15. The Balaban J connectivity index is 2.41. The van der Waals surface area contributed by atoms with E-state index in [1.165, 1.54) is 25.7 Å². The topological polar surface area (TPSA) is 52.5 Å². The summed E-state index contributed by atoms with van der Waals surface area (Å²) in [6, 6.07) is 0.391. The molecule has 0 radical (unpaired) electrons. The maximum Gasteiger partial charge on any atom is 0.0633 e. The second-order valence-corrected chi connectivity index (χ2v) is 4.85. The molecule has 1 aliphatic rings. The zero-order chi connectivity index (χ0) is 10.6. The highest BCUT2D eigenvalue weighted by atomic mass is 16.3. The van der Waals surface area contributed by atoms with Crippen LogP contribution in [0.15, 0.2) is 0 Å². The summed E-state index contributed by atoms with van der Waals surface area (Å²) in [6.07, 6.45) is 5.21. The molecule has 1 rings (SSSR count). The molecule has 0 aromatic heterocycles. The number of aliphatic hydroxyl groups excluding tert-OH is 2.